The van der Waals surface area contributed by atoms with Gasteiger partial charge in [0, 0.05) is 13.1 Å². The van der Waals surface area contributed by atoms with E-state index in [1.54, 1.807) is 0 Å². The average molecular weight is 184 g/mol. The third-order valence-electron chi connectivity index (χ3n) is 2.74. The van der Waals surface area contributed by atoms with Crippen molar-refractivity contribution < 1.29 is 4.79 Å². The van der Waals surface area contributed by atoms with E-state index in [1.807, 2.05) is 11.8 Å². The van der Waals surface area contributed by atoms with Gasteiger partial charge in [0.05, 0.1) is 6.54 Å². The minimum Gasteiger partial charge on any atom is -0.341 e. The highest BCUT2D eigenvalue weighted by Gasteiger charge is 2.24. The summed E-state index contributed by atoms with van der Waals surface area (Å²) in [6.45, 7) is 7.53. The van der Waals surface area contributed by atoms with Gasteiger partial charge in [0.2, 0.25) is 5.91 Å². The van der Waals surface area contributed by atoms with Crippen molar-refractivity contribution >= 4 is 5.91 Å². The van der Waals surface area contributed by atoms with Gasteiger partial charge in [-0.25, -0.2) is 0 Å². The maximum atomic E-state index is 11.5. The molecule has 1 aliphatic heterocycles. The molecule has 0 radical (unpaired) electrons. The minimum absolute atomic E-state index is 0.262. The molecule has 1 unspecified atom stereocenters. The third kappa shape index (κ3) is 2.99. The Labute approximate surface area is 80.5 Å². The van der Waals surface area contributed by atoms with Crippen LogP contribution in [0, 0.1) is 5.92 Å². The molecule has 3 heteroatoms. The predicted octanol–water partition coefficient (Wildman–Crippen LogP) is 0.854. The van der Waals surface area contributed by atoms with E-state index in [2.05, 4.69) is 12.2 Å². The summed E-state index contributed by atoms with van der Waals surface area (Å²) >= 11 is 0. The van der Waals surface area contributed by atoms with Crippen molar-refractivity contribution in [2.24, 2.45) is 5.92 Å². The molecule has 1 atom stereocenters. The molecule has 1 saturated heterocycles. The van der Waals surface area contributed by atoms with Gasteiger partial charge in [0.15, 0.2) is 0 Å². The molecule has 0 aliphatic carbocycles. The van der Waals surface area contributed by atoms with E-state index in [4.69, 9.17) is 0 Å². The van der Waals surface area contributed by atoms with Crippen molar-refractivity contribution in [2.75, 3.05) is 26.2 Å². The summed E-state index contributed by atoms with van der Waals surface area (Å²) in [5.41, 5.74) is 0. The Balaban J connectivity index is 2.25. The van der Waals surface area contributed by atoms with Crippen molar-refractivity contribution in [1.82, 2.24) is 10.2 Å². The summed E-state index contributed by atoms with van der Waals surface area (Å²) in [6.07, 6.45) is 2.39. The van der Waals surface area contributed by atoms with Crippen LogP contribution in [0.2, 0.25) is 0 Å². The van der Waals surface area contributed by atoms with Crippen molar-refractivity contribution in [3.63, 3.8) is 0 Å². The molecule has 1 aliphatic rings. The van der Waals surface area contributed by atoms with Gasteiger partial charge in [0.25, 0.3) is 0 Å². The van der Waals surface area contributed by atoms with Crippen LogP contribution in [0.1, 0.15) is 26.7 Å². The fraction of sp³-hybridized carbons (Fsp3) is 0.900. The molecule has 0 bridgehead atoms. The van der Waals surface area contributed by atoms with Crippen LogP contribution in [0.4, 0.5) is 0 Å². The average Bonchev–Trinajstić information content (AvgIpc) is 2.62. The first-order chi connectivity index (χ1) is 6.27. The molecule has 3 nitrogen and oxygen atoms in total. The first kappa shape index (κ1) is 10.5. The van der Waals surface area contributed by atoms with E-state index in [1.165, 1.54) is 12.8 Å². The standard InChI is InChI=1S/C10H20N2O/c1-3-9-5-6-12(8-9)10(13)7-11-4-2/h9,11H,3-8H2,1-2H3. The maximum Gasteiger partial charge on any atom is 0.236 e. The van der Waals surface area contributed by atoms with Crippen molar-refractivity contribution in [3.05, 3.63) is 0 Å². The smallest absolute Gasteiger partial charge is 0.236 e. The van der Waals surface area contributed by atoms with Crippen molar-refractivity contribution in [2.45, 2.75) is 26.7 Å². The number of hydrogen-bond acceptors (Lipinski definition) is 2. The third-order valence-corrected chi connectivity index (χ3v) is 2.74. The van der Waals surface area contributed by atoms with Crippen LogP contribution in [0.25, 0.3) is 0 Å². The molecule has 0 saturated carbocycles. The summed E-state index contributed by atoms with van der Waals surface area (Å²) in [5, 5.41) is 3.07. The number of amides is 1. The molecule has 0 aromatic rings. The minimum atomic E-state index is 0.262. The number of likely N-dealkylation sites (tertiary alicyclic amines) is 1. The Hall–Kier alpha value is -0.570. The van der Waals surface area contributed by atoms with Crippen LogP contribution in [0.5, 0.6) is 0 Å². The van der Waals surface area contributed by atoms with Gasteiger partial charge in [-0.15, -0.1) is 0 Å². The molecular weight excluding hydrogens is 164 g/mol. The number of rotatable bonds is 4. The Morgan fingerprint density at radius 2 is 2.31 bits per heavy atom. The highest BCUT2D eigenvalue weighted by Crippen LogP contribution is 2.18. The van der Waals surface area contributed by atoms with E-state index in [0.717, 1.165) is 25.6 Å². The number of carbonyl (C=O) groups is 1. The summed E-state index contributed by atoms with van der Waals surface area (Å²) in [5.74, 6) is 1.00. The van der Waals surface area contributed by atoms with Crippen LogP contribution in [0.3, 0.4) is 0 Å². The number of hydrogen-bond donors (Lipinski definition) is 1. The number of nitrogens with one attached hydrogen (secondary N) is 1. The van der Waals surface area contributed by atoms with Crippen molar-refractivity contribution in [1.29, 1.82) is 0 Å². The van der Waals surface area contributed by atoms with Gasteiger partial charge in [-0.3, -0.25) is 4.79 Å². The van der Waals surface area contributed by atoms with E-state index in [0.29, 0.717) is 6.54 Å². The second kappa shape index (κ2) is 5.22. The van der Waals surface area contributed by atoms with E-state index < -0.39 is 0 Å². The maximum absolute atomic E-state index is 11.5. The Kier molecular flexibility index (Phi) is 4.22. The molecule has 0 aromatic heterocycles. The summed E-state index contributed by atoms with van der Waals surface area (Å²) in [4.78, 5) is 13.5. The summed E-state index contributed by atoms with van der Waals surface area (Å²) in [7, 11) is 0. The van der Waals surface area contributed by atoms with Gasteiger partial charge in [-0.1, -0.05) is 20.3 Å². The molecular formula is C10H20N2O. The largest absolute Gasteiger partial charge is 0.341 e. The lowest BCUT2D eigenvalue weighted by atomic mass is 10.1. The number of likely N-dealkylation sites (N-methyl/N-ethyl adjacent to an activating group) is 1. The zero-order valence-corrected chi connectivity index (χ0v) is 8.68. The van der Waals surface area contributed by atoms with E-state index in [-0.39, 0.29) is 5.91 Å². The molecule has 1 rings (SSSR count). The summed E-state index contributed by atoms with van der Waals surface area (Å²) < 4.78 is 0. The molecule has 1 fully saturated rings. The normalized spacial score (nSPS) is 22.3. The second-order valence-corrected chi connectivity index (χ2v) is 3.68. The van der Waals surface area contributed by atoms with Crippen LogP contribution < -0.4 is 5.32 Å². The lowest BCUT2D eigenvalue weighted by Gasteiger charge is -2.16. The van der Waals surface area contributed by atoms with Gasteiger partial charge >= 0.3 is 0 Å². The fourth-order valence-corrected chi connectivity index (χ4v) is 1.74. The topological polar surface area (TPSA) is 32.3 Å². The fourth-order valence-electron chi connectivity index (χ4n) is 1.74. The second-order valence-electron chi connectivity index (χ2n) is 3.68. The zero-order chi connectivity index (χ0) is 9.68. The van der Waals surface area contributed by atoms with E-state index >= 15 is 0 Å². The van der Waals surface area contributed by atoms with Crippen LogP contribution in [-0.4, -0.2) is 37.0 Å². The molecule has 13 heavy (non-hydrogen) atoms. The van der Waals surface area contributed by atoms with Crippen LogP contribution >= 0.6 is 0 Å². The highest BCUT2D eigenvalue weighted by atomic mass is 16.2. The highest BCUT2D eigenvalue weighted by molar-refractivity contribution is 5.78. The molecule has 76 valence electrons. The monoisotopic (exact) mass is 184 g/mol. The molecule has 1 amide bonds. The zero-order valence-electron chi connectivity index (χ0n) is 8.68. The van der Waals surface area contributed by atoms with E-state index in [9.17, 15) is 4.79 Å². The first-order valence-electron chi connectivity index (χ1n) is 5.26. The first-order valence-corrected chi connectivity index (χ1v) is 5.26. The Morgan fingerprint density at radius 3 is 2.85 bits per heavy atom. The lowest BCUT2D eigenvalue weighted by Crippen LogP contribution is -2.36. The van der Waals surface area contributed by atoms with Crippen LogP contribution in [-0.2, 0) is 4.79 Å². The van der Waals surface area contributed by atoms with Gasteiger partial charge in [-0.2, -0.15) is 0 Å². The Bertz CT molecular complexity index is 170. The number of nitrogens with zero attached hydrogens (tertiary/aromatic N) is 1. The lowest BCUT2D eigenvalue weighted by molar-refractivity contribution is -0.129. The van der Waals surface area contributed by atoms with Crippen LogP contribution in [0.15, 0.2) is 0 Å². The number of carbonyl (C=O) groups excluding carboxylic acids is 1. The SMILES string of the molecule is CCNCC(=O)N1CCC(CC)C1. The molecule has 1 heterocycles. The Morgan fingerprint density at radius 1 is 1.54 bits per heavy atom. The summed E-state index contributed by atoms with van der Waals surface area (Å²) in [6, 6.07) is 0. The molecule has 1 N–H and O–H groups in total. The quantitative estimate of drug-likeness (QED) is 0.702. The van der Waals surface area contributed by atoms with Gasteiger partial charge in [0.1, 0.15) is 0 Å². The molecule has 0 spiro atoms. The van der Waals surface area contributed by atoms with Gasteiger partial charge in [-0.05, 0) is 18.9 Å². The predicted molar refractivity (Wildman–Crippen MR) is 53.5 cm³/mol. The molecule has 0 aromatic carbocycles. The van der Waals surface area contributed by atoms with Gasteiger partial charge < -0.3 is 10.2 Å². The van der Waals surface area contributed by atoms with Crippen molar-refractivity contribution in [3.8, 4) is 0 Å².